The summed E-state index contributed by atoms with van der Waals surface area (Å²) >= 11 is 1.11. The second-order valence-corrected chi connectivity index (χ2v) is 6.91. The van der Waals surface area contributed by atoms with E-state index < -0.39 is 0 Å². The second-order valence-electron chi connectivity index (χ2n) is 5.62. The molecule has 0 aromatic heterocycles. The van der Waals surface area contributed by atoms with Gasteiger partial charge in [0.2, 0.25) is 0 Å². The molecule has 0 saturated carbocycles. The molecule has 25 heavy (non-hydrogen) atoms. The van der Waals surface area contributed by atoms with Crippen LogP contribution in [0.1, 0.15) is 19.4 Å². The smallest absolute Gasteiger partial charge is 0.217 e. The lowest BCUT2D eigenvalue weighted by Crippen LogP contribution is -2.75. The Kier molecular flexibility index (Phi) is 5.27. The highest BCUT2D eigenvalue weighted by atomic mass is 79.9. The first-order valence-electron chi connectivity index (χ1n) is 7.81. The van der Waals surface area contributed by atoms with Gasteiger partial charge in [-0.2, -0.15) is 17.4 Å². The van der Waals surface area contributed by atoms with Gasteiger partial charge in [0, 0.05) is 0 Å². The van der Waals surface area contributed by atoms with Gasteiger partial charge in [0.05, 0.1) is 4.81 Å². The zero-order valence-corrected chi connectivity index (χ0v) is 16.6. The zero-order chi connectivity index (χ0) is 16.5. The number of halogens is 1. The summed E-state index contributed by atoms with van der Waals surface area (Å²) in [7, 11) is 0. The number of anilines is 1. The van der Waals surface area contributed by atoms with Crippen molar-refractivity contribution in [3.05, 3.63) is 83.1 Å². The van der Waals surface area contributed by atoms with Crippen LogP contribution in [0.3, 0.4) is 0 Å². The van der Waals surface area contributed by atoms with E-state index in [1.54, 1.807) is 0 Å². The number of para-hydroxylation sites is 1. The van der Waals surface area contributed by atoms with Gasteiger partial charge >= 0.3 is 5.50 Å². The standard InChI is InChI=1S/C18H19N5S.BrH/c1-13-14(2)24-18(19-13)23-21-17(15-9-5-3-6-10-15)20-22(23)16-11-7-4-8-12-16;/h3-12,20-21,24H,1-2H3;1H. The van der Waals surface area contributed by atoms with Crippen molar-refractivity contribution in [1.29, 1.82) is 0 Å². The molecule has 2 aliphatic heterocycles. The molecule has 2 aliphatic rings. The van der Waals surface area contributed by atoms with Crippen LogP contribution in [-0.4, -0.2) is 10.5 Å². The number of hydrogen-bond donors (Lipinski definition) is 2. The fraction of sp³-hybridized carbons (Fsp3) is 0.111. The molecular formula is C18H20BrN5S. The highest BCUT2D eigenvalue weighted by Crippen LogP contribution is 2.28. The Balaban J connectivity index is 0.00000182. The molecule has 0 saturated heterocycles. The molecule has 0 bridgehead atoms. The summed E-state index contributed by atoms with van der Waals surface area (Å²) in [6.45, 7) is 4.17. The molecule has 0 radical (unpaired) electrons. The van der Waals surface area contributed by atoms with E-state index in [1.165, 1.54) is 5.25 Å². The summed E-state index contributed by atoms with van der Waals surface area (Å²) in [5, 5.41) is 6.70. The number of aliphatic imine (C=N–C) groups is 1. The molecule has 0 fully saturated rings. The number of rotatable bonds is 3. The van der Waals surface area contributed by atoms with E-state index in [1.807, 2.05) is 53.2 Å². The minimum Gasteiger partial charge on any atom is -0.217 e. The number of hydrogen-bond acceptors (Lipinski definition) is 3. The van der Waals surface area contributed by atoms with Crippen LogP contribution < -0.4 is 15.7 Å². The first-order chi connectivity index (χ1) is 11.7. The molecule has 0 atom stereocenters. The fourth-order valence-electron chi connectivity index (χ4n) is 2.54. The third kappa shape index (κ3) is 3.49. The van der Waals surface area contributed by atoms with Gasteiger partial charge in [-0.05, 0) is 17.3 Å². The average Bonchev–Trinajstić information content (AvgIpc) is 3.21. The zero-order valence-electron chi connectivity index (χ0n) is 14.0. The molecule has 0 amide bonds. The SMILES string of the molecule is Br.CC1=N[C-]([N+]2=[NH+][C-](c3ccccc3)NN2c2ccccc2)[SH+][C-]1C. The summed E-state index contributed by atoms with van der Waals surface area (Å²) in [5.74, 6) is 0. The molecule has 2 N–H and O–H groups in total. The Hall–Kier alpha value is -2.09. The lowest BCUT2D eigenvalue weighted by molar-refractivity contribution is -0.974. The van der Waals surface area contributed by atoms with Crippen molar-refractivity contribution in [2.24, 2.45) is 4.99 Å². The van der Waals surface area contributed by atoms with Crippen molar-refractivity contribution in [2.45, 2.75) is 13.8 Å². The molecule has 2 aromatic carbocycles. The summed E-state index contributed by atoms with van der Waals surface area (Å²) in [5.41, 5.74) is 7.60. The summed E-state index contributed by atoms with van der Waals surface area (Å²) < 4.78 is 0. The quantitative estimate of drug-likeness (QED) is 0.346. The van der Waals surface area contributed by atoms with Gasteiger partial charge in [-0.3, -0.25) is 0 Å². The Morgan fingerprint density at radius 2 is 1.72 bits per heavy atom. The maximum Gasteiger partial charge on any atom is 0.410 e. The molecule has 0 aliphatic carbocycles. The molecule has 0 spiro atoms. The largest absolute Gasteiger partial charge is 0.410 e. The van der Waals surface area contributed by atoms with Crippen molar-refractivity contribution in [3.8, 4) is 0 Å². The maximum absolute atomic E-state index is 4.71. The molecule has 2 heterocycles. The van der Waals surface area contributed by atoms with E-state index in [-0.39, 0.29) is 17.0 Å². The van der Waals surface area contributed by atoms with Gasteiger partial charge < -0.3 is 0 Å². The van der Waals surface area contributed by atoms with Crippen LogP contribution in [0, 0.1) is 16.9 Å². The number of benzene rings is 2. The van der Waals surface area contributed by atoms with Crippen molar-refractivity contribution in [1.82, 2.24) is 5.43 Å². The molecule has 2 aromatic rings. The second kappa shape index (κ2) is 7.43. The first-order valence-corrected chi connectivity index (χ1v) is 8.70. The van der Waals surface area contributed by atoms with Gasteiger partial charge in [-0.1, -0.05) is 31.2 Å². The number of hydrazine groups is 2. The summed E-state index contributed by atoms with van der Waals surface area (Å²) in [6, 6.07) is 20.4. The van der Waals surface area contributed by atoms with Gasteiger partial charge in [0.1, 0.15) is 6.17 Å². The maximum atomic E-state index is 4.71. The number of nitrogens with zero attached hydrogens (tertiary/aromatic N) is 3. The van der Waals surface area contributed by atoms with Gasteiger partial charge in [-0.25, -0.2) is 4.99 Å². The van der Waals surface area contributed by atoms with Gasteiger partial charge in [0.25, 0.3) is 0 Å². The lowest BCUT2D eigenvalue weighted by Gasteiger charge is -2.14. The minimum atomic E-state index is 0. The number of azo groups is 1. The van der Waals surface area contributed by atoms with Crippen molar-refractivity contribution < 1.29 is 9.92 Å². The van der Waals surface area contributed by atoms with Crippen LogP contribution in [-0.2, 0) is 11.8 Å². The Labute approximate surface area is 162 Å². The van der Waals surface area contributed by atoms with E-state index in [0.29, 0.717) is 0 Å². The Morgan fingerprint density at radius 1 is 1.08 bits per heavy atom. The van der Waals surface area contributed by atoms with Crippen LogP contribution in [0.25, 0.3) is 0 Å². The average molecular weight is 418 g/mol. The van der Waals surface area contributed by atoms with E-state index in [4.69, 9.17) is 4.99 Å². The predicted octanol–water partition coefficient (Wildman–Crippen LogP) is 1.88. The number of nitrogens with one attached hydrogen (secondary N) is 2. The van der Waals surface area contributed by atoms with Crippen LogP contribution in [0.15, 0.2) is 65.7 Å². The van der Waals surface area contributed by atoms with E-state index >= 15 is 0 Å². The highest BCUT2D eigenvalue weighted by molar-refractivity contribution is 8.93. The Morgan fingerprint density at radius 3 is 2.32 bits per heavy atom. The van der Waals surface area contributed by atoms with Gasteiger partial charge in [0.15, 0.2) is 5.69 Å². The predicted molar refractivity (Wildman–Crippen MR) is 106 cm³/mol. The third-order valence-corrected chi connectivity index (χ3v) is 5.10. The van der Waals surface area contributed by atoms with Crippen molar-refractivity contribution >= 4 is 40.1 Å². The summed E-state index contributed by atoms with van der Waals surface area (Å²) in [4.78, 5) is 6.68. The molecule has 4 rings (SSSR count). The van der Waals surface area contributed by atoms with Crippen LogP contribution in [0.4, 0.5) is 5.69 Å². The molecular weight excluding hydrogens is 398 g/mol. The minimum absolute atomic E-state index is 0. The van der Waals surface area contributed by atoms with E-state index in [0.717, 1.165) is 40.4 Å². The topological polar surface area (TPSA) is 44.6 Å². The van der Waals surface area contributed by atoms with E-state index in [9.17, 15) is 0 Å². The van der Waals surface area contributed by atoms with E-state index in [2.05, 4.69) is 41.7 Å². The fourth-order valence-corrected chi connectivity index (χ4v) is 3.49. The van der Waals surface area contributed by atoms with Crippen LogP contribution in [0.2, 0.25) is 0 Å². The molecule has 0 unspecified atom stereocenters. The number of thiol groups is 1. The van der Waals surface area contributed by atoms with Crippen molar-refractivity contribution in [2.75, 3.05) is 5.12 Å². The molecule has 7 heteroatoms. The molecule has 130 valence electrons. The van der Waals surface area contributed by atoms with Crippen LogP contribution in [0.5, 0.6) is 0 Å². The first kappa shape index (κ1) is 17.7. The third-order valence-electron chi connectivity index (χ3n) is 3.95. The van der Waals surface area contributed by atoms with Crippen molar-refractivity contribution in [3.63, 3.8) is 0 Å². The lowest BCUT2D eigenvalue weighted by atomic mass is 10.2. The molecule has 5 nitrogen and oxygen atoms in total. The Bertz CT molecular complexity index is 781. The highest BCUT2D eigenvalue weighted by Gasteiger charge is 2.42. The van der Waals surface area contributed by atoms with Crippen LogP contribution >= 0.6 is 17.0 Å². The van der Waals surface area contributed by atoms with Gasteiger partial charge in [-0.15, -0.1) is 69.6 Å². The monoisotopic (exact) mass is 417 g/mol. The normalized spacial score (nSPS) is 16.7. The summed E-state index contributed by atoms with van der Waals surface area (Å²) in [6.07, 6.45) is 0.930.